The maximum absolute atomic E-state index is 12.8. The van der Waals surface area contributed by atoms with Crippen LogP contribution in [0.25, 0.3) is 27.1 Å². The lowest BCUT2D eigenvalue weighted by Gasteiger charge is -2.20. The maximum atomic E-state index is 12.8. The predicted molar refractivity (Wildman–Crippen MR) is 90.6 cm³/mol. The summed E-state index contributed by atoms with van der Waals surface area (Å²) in [6, 6.07) is 16.2. The van der Waals surface area contributed by atoms with Gasteiger partial charge < -0.3 is 0 Å². The summed E-state index contributed by atoms with van der Waals surface area (Å²) in [4.78, 5) is 12.8. The Balaban J connectivity index is 2.39. The summed E-state index contributed by atoms with van der Waals surface area (Å²) in [6.07, 6.45) is 0. The highest BCUT2D eigenvalue weighted by Gasteiger charge is 2.27. The van der Waals surface area contributed by atoms with Crippen molar-refractivity contribution in [1.82, 2.24) is 0 Å². The molecular formula is C17H8Br2O. The molecule has 4 rings (SSSR count). The fraction of sp³-hybridized carbons (Fsp3) is 0. The van der Waals surface area contributed by atoms with Gasteiger partial charge >= 0.3 is 0 Å². The smallest absolute Gasteiger partial charge is 0.195 e. The van der Waals surface area contributed by atoms with Crippen LogP contribution in [0.1, 0.15) is 15.9 Å². The molecule has 0 bridgehead atoms. The first-order valence-electron chi connectivity index (χ1n) is 6.23. The Labute approximate surface area is 132 Å². The van der Waals surface area contributed by atoms with E-state index in [0.29, 0.717) is 8.96 Å². The van der Waals surface area contributed by atoms with E-state index in [1.165, 1.54) is 0 Å². The van der Waals surface area contributed by atoms with E-state index >= 15 is 0 Å². The summed E-state index contributed by atoms with van der Waals surface area (Å²) in [7, 11) is 0. The summed E-state index contributed by atoms with van der Waals surface area (Å²) in [5.74, 6) is 0.0607. The van der Waals surface area contributed by atoms with Gasteiger partial charge in [-0.1, -0.05) is 48.5 Å². The highest BCUT2D eigenvalue weighted by Crippen LogP contribution is 2.43. The molecular weight excluding hydrogens is 380 g/mol. The Morgan fingerprint density at radius 3 is 1.90 bits per heavy atom. The minimum atomic E-state index is 0.0607. The molecule has 0 aromatic heterocycles. The van der Waals surface area contributed by atoms with Gasteiger partial charge in [-0.15, -0.1) is 0 Å². The average Bonchev–Trinajstić information content (AvgIpc) is 2.45. The normalized spacial score (nSPS) is 13.5. The molecule has 20 heavy (non-hydrogen) atoms. The SMILES string of the molecule is O=C1C(=C(Br)Br)c2cccc3ccc4cccc1c4c23. The Morgan fingerprint density at radius 2 is 1.30 bits per heavy atom. The fourth-order valence-electron chi connectivity index (χ4n) is 3.00. The van der Waals surface area contributed by atoms with Crippen LogP contribution in [0.2, 0.25) is 0 Å². The minimum Gasteiger partial charge on any atom is -0.289 e. The first-order valence-corrected chi connectivity index (χ1v) is 7.82. The van der Waals surface area contributed by atoms with Gasteiger partial charge in [0.2, 0.25) is 0 Å². The molecule has 0 N–H and O–H groups in total. The number of benzene rings is 3. The van der Waals surface area contributed by atoms with E-state index in [2.05, 4.69) is 56.1 Å². The molecule has 3 aromatic rings. The van der Waals surface area contributed by atoms with Crippen molar-refractivity contribution >= 4 is 64.8 Å². The third-order valence-corrected chi connectivity index (χ3v) is 4.61. The zero-order valence-electron chi connectivity index (χ0n) is 10.3. The Kier molecular flexibility index (Phi) is 2.63. The third-order valence-electron chi connectivity index (χ3n) is 3.82. The van der Waals surface area contributed by atoms with Gasteiger partial charge in [0.25, 0.3) is 0 Å². The van der Waals surface area contributed by atoms with Crippen molar-refractivity contribution in [1.29, 1.82) is 0 Å². The monoisotopic (exact) mass is 386 g/mol. The summed E-state index contributed by atoms with van der Waals surface area (Å²) >= 11 is 6.83. The van der Waals surface area contributed by atoms with Crippen LogP contribution in [-0.4, -0.2) is 5.78 Å². The number of ketones is 1. The molecule has 3 heteroatoms. The molecule has 0 amide bonds. The van der Waals surface area contributed by atoms with E-state index in [1.807, 2.05) is 24.3 Å². The van der Waals surface area contributed by atoms with Gasteiger partial charge in [-0.05, 0) is 53.6 Å². The van der Waals surface area contributed by atoms with Crippen LogP contribution in [0.15, 0.2) is 51.9 Å². The van der Waals surface area contributed by atoms with Crippen LogP contribution in [0.4, 0.5) is 0 Å². The van der Waals surface area contributed by atoms with Gasteiger partial charge in [-0.3, -0.25) is 4.79 Å². The van der Waals surface area contributed by atoms with Crippen molar-refractivity contribution < 1.29 is 4.79 Å². The van der Waals surface area contributed by atoms with Crippen LogP contribution in [-0.2, 0) is 0 Å². The van der Waals surface area contributed by atoms with Gasteiger partial charge in [0.15, 0.2) is 5.78 Å². The molecule has 3 aromatic carbocycles. The van der Waals surface area contributed by atoms with Crippen molar-refractivity contribution in [3.8, 4) is 0 Å². The fourth-order valence-corrected chi connectivity index (χ4v) is 3.79. The van der Waals surface area contributed by atoms with E-state index < -0.39 is 0 Å². The molecule has 96 valence electrons. The van der Waals surface area contributed by atoms with Crippen LogP contribution >= 0.6 is 31.9 Å². The van der Waals surface area contributed by atoms with E-state index in [1.54, 1.807) is 0 Å². The summed E-state index contributed by atoms with van der Waals surface area (Å²) < 4.78 is 0.703. The lowest BCUT2D eigenvalue weighted by molar-refractivity contribution is 0.105. The predicted octanol–water partition coefficient (Wildman–Crippen LogP) is 5.65. The van der Waals surface area contributed by atoms with Crippen LogP contribution in [0.3, 0.4) is 0 Å². The van der Waals surface area contributed by atoms with E-state index in [0.717, 1.165) is 32.7 Å². The summed E-state index contributed by atoms with van der Waals surface area (Å²) in [5, 5.41) is 4.50. The average molecular weight is 388 g/mol. The molecule has 0 aliphatic heterocycles. The molecule has 0 unspecified atom stereocenters. The summed E-state index contributed by atoms with van der Waals surface area (Å²) in [5.41, 5.74) is 2.46. The van der Waals surface area contributed by atoms with E-state index in [-0.39, 0.29) is 5.78 Å². The van der Waals surface area contributed by atoms with Gasteiger partial charge in [0.1, 0.15) is 0 Å². The number of carbonyl (C=O) groups excluding carboxylic acids is 1. The largest absolute Gasteiger partial charge is 0.289 e. The number of hydrogen-bond acceptors (Lipinski definition) is 1. The highest BCUT2D eigenvalue weighted by molar-refractivity contribution is 9.28. The molecule has 1 aliphatic carbocycles. The van der Waals surface area contributed by atoms with Gasteiger partial charge in [-0.2, -0.15) is 0 Å². The molecule has 0 atom stereocenters. The topological polar surface area (TPSA) is 17.1 Å². The van der Waals surface area contributed by atoms with Crippen LogP contribution in [0, 0.1) is 0 Å². The first kappa shape index (κ1) is 12.3. The van der Waals surface area contributed by atoms with E-state index in [4.69, 9.17) is 0 Å². The molecule has 0 saturated heterocycles. The number of rotatable bonds is 0. The number of hydrogen-bond donors (Lipinski definition) is 0. The van der Waals surface area contributed by atoms with Crippen LogP contribution < -0.4 is 0 Å². The molecule has 0 radical (unpaired) electrons. The molecule has 0 fully saturated rings. The zero-order valence-corrected chi connectivity index (χ0v) is 13.5. The highest BCUT2D eigenvalue weighted by atomic mass is 79.9. The van der Waals surface area contributed by atoms with Crippen molar-refractivity contribution in [3.63, 3.8) is 0 Å². The number of halogens is 2. The number of allylic oxidation sites excluding steroid dienone is 1. The maximum Gasteiger partial charge on any atom is 0.195 e. The molecule has 0 heterocycles. The Bertz CT molecular complexity index is 934. The second kappa shape index (κ2) is 4.27. The van der Waals surface area contributed by atoms with Crippen molar-refractivity contribution in [2.75, 3.05) is 0 Å². The van der Waals surface area contributed by atoms with Crippen molar-refractivity contribution in [3.05, 3.63) is 63.0 Å². The zero-order chi connectivity index (χ0) is 13.9. The lowest BCUT2D eigenvalue weighted by Crippen LogP contribution is -2.09. The summed E-state index contributed by atoms with van der Waals surface area (Å²) in [6.45, 7) is 0. The lowest BCUT2D eigenvalue weighted by atomic mass is 9.83. The Morgan fingerprint density at radius 1 is 0.750 bits per heavy atom. The molecule has 0 saturated carbocycles. The number of Topliss-reactive ketones (excluding diaryl/α,β-unsaturated/α-hetero) is 1. The minimum absolute atomic E-state index is 0.0607. The number of carbonyl (C=O) groups is 1. The molecule has 1 aliphatic rings. The van der Waals surface area contributed by atoms with Gasteiger partial charge in [-0.25, -0.2) is 0 Å². The van der Waals surface area contributed by atoms with Gasteiger partial charge in [0, 0.05) is 10.9 Å². The third kappa shape index (κ3) is 1.51. The van der Waals surface area contributed by atoms with Crippen LogP contribution in [0.5, 0.6) is 0 Å². The molecule has 0 spiro atoms. The van der Waals surface area contributed by atoms with Crippen molar-refractivity contribution in [2.24, 2.45) is 0 Å². The van der Waals surface area contributed by atoms with Gasteiger partial charge in [0.05, 0.1) is 8.96 Å². The molecule has 1 nitrogen and oxygen atoms in total. The van der Waals surface area contributed by atoms with E-state index in [9.17, 15) is 4.79 Å². The first-order chi connectivity index (χ1) is 9.68. The second-order valence-corrected chi connectivity index (χ2v) is 7.49. The Hall–Kier alpha value is -1.45. The second-order valence-electron chi connectivity index (χ2n) is 4.84. The van der Waals surface area contributed by atoms with Crippen molar-refractivity contribution in [2.45, 2.75) is 0 Å². The quantitative estimate of drug-likeness (QED) is 0.360. The standard InChI is InChI=1S/C17H8Br2O/c18-17(19)15-11-5-1-3-9-7-8-10-4-2-6-12(16(15)20)14(10)13(9)11/h1-8H.